The number of hydrogen-bond donors (Lipinski definition) is 0. The van der Waals surface area contributed by atoms with Gasteiger partial charge >= 0.3 is 5.97 Å². The molecule has 17 heavy (non-hydrogen) atoms. The van der Waals surface area contributed by atoms with Crippen LogP contribution in [0.4, 0.5) is 8.78 Å². The van der Waals surface area contributed by atoms with Crippen molar-refractivity contribution in [3.8, 4) is 0 Å². The molecule has 0 aromatic heterocycles. The number of piperidine rings is 1. The van der Waals surface area contributed by atoms with Crippen LogP contribution in [0.15, 0.2) is 0 Å². The molecule has 5 heteroatoms. The standard InChI is InChI=1S/C12H21F2NO2/c1-9-5-6-15(8-12(9,13)14)7-10(16)17-11(2,3)4/h9H,5-8H2,1-4H3. The summed E-state index contributed by atoms with van der Waals surface area (Å²) in [5.41, 5.74) is -0.567. The van der Waals surface area contributed by atoms with Gasteiger partial charge in [0.15, 0.2) is 0 Å². The molecule has 0 saturated carbocycles. The second-order valence-corrected chi connectivity index (χ2v) is 5.75. The van der Waals surface area contributed by atoms with Crippen molar-refractivity contribution >= 4 is 5.97 Å². The number of rotatable bonds is 2. The predicted molar refractivity (Wildman–Crippen MR) is 61.0 cm³/mol. The van der Waals surface area contributed by atoms with Crippen molar-refractivity contribution in [3.63, 3.8) is 0 Å². The van der Waals surface area contributed by atoms with Crippen LogP contribution >= 0.6 is 0 Å². The maximum atomic E-state index is 13.4. The molecule has 0 radical (unpaired) electrons. The Labute approximate surface area is 101 Å². The van der Waals surface area contributed by atoms with Gasteiger partial charge in [0.25, 0.3) is 5.92 Å². The molecule has 0 aromatic rings. The summed E-state index contributed by atoms with van der Waals surface area (Å²) in [6.07, 6.45) is 0.412. The molecule has 1 aliphatic rings. The first-order valence-electron chi connectivity index (χ1n) is 5.92. The van der Waals surface area contributed by atoms with Gasteiger partial charge in [0.2, 0.25) is 0 Å². The maximum Gasteiger partial charge on any atom is 0.320 e. The van der Waals surface area contributed by atoms with E-state index in [-0.39, 0.29) is 13.1 Å². The molecule has 1 unspecified atom stereocenters. The Morgan fingerprint density at radius 3 is 2.53 bits per heavy atom. The highest BCUT2D eigenvalue weighted by atomic mass is 19.3. The lowest BCUT2D eigenvalue weighted by Gasteiger charge is -2.36. The summed E-state index contributed by atoms with van der Waals surface area (Å²) in [5, 5.41) is 0. The van der Waals surface area contributed by atoms with Crippen molar-refractivity contribution in [2.24, 2.45) is 5.92 Å². The van der Waals surface area contributed by atoms with Gasteiger partial charge in [0, 0.05) is 5.92 Å². The quantitative estimate of drug-likeness (QED) is 0.703. The van der Waals surface area contributed by atoms with E-state index in [1.807, 2.05) is 0 Å². The summed E-state index contributed by atoms with van der Waals surface area (Å²) in [6.45, 7) is 6.95. The highest BCUT2D eigenvalue weighted by Crippen LogP contribution is 2.32. The van der Waals surface area contributed by atoms with E-state index in [4.69, 9.17) is 4.74 Å². The van der Waals surface area contributed by atoms with Crippen LogP contribution < -0.4 is 0 Å². The molecule has 1 fully saturated rings. The van der Waals surface area contributed by atoms with Gasteiger partial charge in [-0.1, -0.05) is 6.92 Å². The Kier molecular flexibility index (Phi) is 4.12. The summed E-state index contributed by atoms with van der Waals surface area (Å²) in [4.78, 5) is 13.0. The lowest BCUT2D eigenvalue weighted by Crippen LogP contribution is -2.49. The molecule has 1 heterocycles. The van der Waals surface area contributed by atoms with E-state index in [9.17, 15) is 13.6 Å². The van der Waals surface area contributed by atoms with Gasteiger partial charge in [-0.05, 0) is 33.7 Å². The number of nitrogens with zero attached hydrogens (tertiary/aromatic N) is 1. The van der Waals surface area contributed by atoms with Crippen LogP contribution in [0, 0.1) is 5.92 Å². The molecule has 0 aliphatic carbocycles. The number of hydrogen-bond acceptors (Lipinski definition) is 3. The van der Waals surface area contributed by atoms with E-state index in [0.717, 1.165) is 0 Å². The Bertz CT molecular complexity index is 287. The summed E-state index contributed by atoms with van der Waals surface area (Å²) >= 11 is 0. The molecule has 100 valence electrons. The smallest absolute Gasteiger partial charge is 0.320 e. The zero-order valence-corrected chi connectivity index (χ0v) is 10.9. The third-order valence-corrected chi connectivity index (χ3v) is 2.81. The van der Waals surface area contributed by atoms with Crippen molar-refractivity contribution < 1.29 is 18.3 Å². The Morgan fingerprint density at radius 1 is 1.47 bits per heavy atom. The minimum atomic E-state index is -2.71. The van der Waals surface area contributed by atoms with Crippen LogP contribution in [0.2, 0.25) is 0 Å². The number of likely N-dealkylation sites (tertiary alicyclic amines) is 1. The van der Waals surface area contributed by atoms with E-state index in [0.29, 0.717) is 13.0 Å². The van der Waals surface area contributed by atoms with E-state index >= 15 is 0 Å². The van der Waals surface area contributed by atoms with Crippen LogP contribution in [0.3, 0.4) is 0 Å². The van der Waals surface area contributed by atoms with Gasteiger partial charge in [0.05, 0.1) is 13.1 Å². The SMILES string of the molecule is CC1CCN(CC(=O)OC(C)(C)C)CC1(F)F. The van der Waals surface area contributed by atoms with Crippen LogP contribution in [-0.2, 0) is 9.53 Å². The first-order valence-corrected chi connectivity index (χ1v) is 5.92. The second-order valence-electron chi connectivity index (χ2n) is 5.75. The second kappa shape index (κ2) is 4.88. The van der Waals surface area contributed by atoms with Gasteiger partial charge in [-0.2, -0.15) is 0 Å². The monoisotopic (exact) mass is 249 g/mol. The molecule has 1 aliphatic heterocycles. The average Bonchev–Trinajstić information content (AvgIpc) is 2.07. The van der Waals surface area contributed by atoms with Crippen molar-refractivity contribution in [2.45, 2.75) is 45.6 Å². The number of carbonyl (C=O) groups excluding carboxylic acids is 1. The normalized spacial score (nSPS) is 25.6. The largest absolute Gasteiger partial charge is 0.459 e. The Balaban J connectivity index is 2.46. The van der Waals surface area contributed by atoms with Crippen LogP contribution in [0.5, 0.6) is 0 Å². The van der Waals surface area contributed by atoms with Gasteiger partial charge in [-0.25, -0.2) is 8.78 Å². The molecule has 1 atom stereocenters. The summed E-state index contributed by atoms with van der Waals surface area (Å²) in [6, 6.07) is 0. The Hall–Kier alpha value is -0.710. The van der Waals surface area contributed by atoms with Crippen molar-refractivity contribution in [1.29, 1.82) is 0 Å². The molecular weight excluding hydrogens is 228 g/mol. The first kappa shape index (κ1) is 14.4. The van der Waals surface area contributed by atoms with Gasteiger partial charge in [0.1, 0.15) is 5.60 Å². The molecule has 1 rings (SSSR count). The minimum absolute atomic E-state index is 0.0560. The number of alkyl halides is 2. The molecular formula is C12H21F2NO2. The fourth-order valence-corrected chi connectivity index (χ4v) is 1.81. The summed E-state index contributed by atoms with van der Waals surface area (Å²) < 4.78 is 32.0. The zero-order valence-electron chi connectivity index (χ0n) is 10.9. The topological polar surface area (TPSA) is 29.5 Å². The molecule has 1 saturated heterocycles. The minimum Gasteiger partial charge on any atom is -0.459 e. The van der Waals surface area contributed by atoms with Crippen molar-refractivity contribution in [1.82, 2.24) is 4.90 Å². The zero-order chi connectivity index (χ0) is 13.3. The third-order valence-electron chi connectivity index (χ3n) is 2.81. The molecule has 0 bridgehead atoms. The number of halogens is 2. The lowest BCUT2D eigenvalue weighted by molar-refractivity contribution is -0.160. The van der Waals surface area contributed by atoms with Crippen LogP contribution in [0.1, 0.15) is 34.1 Å². The van der Waals surface area contributed by atoms with E-state index in [2.05, 4.69) is 0 Å². The first-order chi connectivity index (χ1) is 7.60. The van der Waals surface area contributed by atoms with Crippen molar-refractivity contribution in [2.75, 3.05) is 19.6 Å². The lowest BCUT2D eigenvalue weighted by atomic mass is 9.95. The van der Waals surface area contributed by atoms with Crippen LogP contribution in [0.25, 0.3) is 0 Å². The average molecular weight is 249 g/mol. The van der Waals surface area contributed by atoms with Gasteiger partial charge in [-0.15, -0.1) is 0 Å². The highest BCUT2D eigenvalue weighted by Gasteiger charge is 2.42. The van der Waals surface area contributed by atoms with E-state index in [1.165, 1.54) is 4.90 Å². The fourth-order valence-electron chi connectivity index (χ4n) is 1.81. The van der Waals surface area contributed by atoms with Gasteiger partial charge in [-0.3, -0.25) is 9.69 Å². The van der Waals surface area contributed by atoms with E-state index in [1.54, 1.807) is 27.7 Å². The van der Waals surface area contributed by atoms with Crippen LogP contribution in [-0.4, -0.2) is 42.0 Å². The molecule has 0 spiro atoms. The highest BCUT2D eigenvalue weighted by molar-refractivity contribution is 5.72. The predicted octanol–water partition coefficient (Wildman–Crippen LogP) is 2.31. The summed E-state index contributed by atoms with van der Waals surface area (Å²) in [5.74, 6) is -3.76. The molecule has 0 amide bonds. The number of ether oxygens (including phenoxy) is 1. The summed E-state index contributed by atoms with van der Waals surface area (Å²) in [7, 11) is 0. The third kappa shape index (κ3) is 4.58. The van der Waals surface area contributed by atoms with Gasteiger partial charge < -0.3 is 4.74 Å². The number of carbonyl (C=O) groups is 1. The number of esters is 1. The fraction of sp³-hybridized carbons (Fsp3) is 0.917. The maximum absolute atomic E-state index is 13.4. The Morgan fingerprint density at radius 2 is 2.06 bits per heavy atom. The van der Waals surface area contributed by atoms with Crippen molar-refractivity contribution in [3.05, 3.63) is 0 Å². The molecule has 3 nitrogen and oxygen atoms in total. The molecule has 0 aromatic carbocycles. The van der Waals surface area contributed by atoms with E-state index < -0.39 is 23.4 Å². The molecule has 0 N–H and O–H groups in total.